The number of hydrogen-bond acceptors (Lipinski definition) is 0. The summed E-state index contributed by atoms with van der Waals surface area (Å²) in [4.78, 5) is 0. The van der Waals surface area contributed by atoms with Gasteiger partial charge >= 0.3 is 0 Å². The normalized spacial score (nSPS) is 45.6. The van der Waals surface area contributed by atoms with E-state index in [9.17, 15) is 0 Å². The van der Waals surface area contributed by atoms with Gasteiger partial charge in [-0.3, -0.25) is 0 Å². The molecule has 1 heteroatoms. The molecule has 0 bridgehead atoms. The molecule has 0 aromatic rings. The molecule has 178 valence electrons. The first-order valence-electron chi connectivity index (χ1n) is 15.0. The van der Waals surface area contributed by atoms with Crippen LogP contribution in [0.1, 0.15) is 78.1 Å². The maximum absolute atomic E-state index is 2.75. The second kappa shape index (κ2) is 8.11. The molecular formula is C32H46Si. The first-order chi connectivity index (χ1) is 16.2. The van der Waals surface area contributed by atoms with Crippen molar-refractivity contribution in [3.8, 4) is 0 Å². The Balaban J connectivity index is 1.28. The molecule has 8 unspecified atom stereocenters. The third-order valence-corrected chi connectivity index (χ3v) is 18.9. The van der Waals surface area contributed by atoms with Crippen molar-refractivity contribution < 1.29 is 0 Å². The van der Waals surface area contributed by atoms with Crippen LogP contribution in [0.5, 0.6) is 0 Å². The van der Waals surface area contributed by atoms with Crippen molar-refractivity contribution in [2.75, 3.05) is 0 Å². The van der Waals surface area contributed by atoms with Crippen LogP contribution in [-0.2, 0) is 0 Å². The van der Waals surface area contributed by atoms with Crippen LogP contribution in [0, 0.1) is 47.3 Å². The highest BCUT2D eigenvalue weighted by atomic mass is 28.3. The summed E-state index contributed by atoms with van der Waals surface area (Å²) in [6.45, 7) is 5.11. The first-order valence-corrected chi connectivity index (χ1v) is 17.6. The molecule has 33 heavy (non-hydrogen) atoms. The topological polar surface area (TPSA) is 0 Å². The van der Waals surface area contributed by atoms with E-state index in [-0.39, 0.29) is 0 Å². The molecule has 0 nitrogen and oxygen atoms in total. The summed E-state index contributed by atoms with van der Waals surface area (Å²) in [5, 5.41) is 0. The maximum atomic E-state index is 2.75. The Morgan fingerprint density at radius 1 is 0.697 bits per heavy atom. The third-order valence-electron chi connectivity index (χ3n) is 12.0. The van der Waals surface area contributed by atoms with Gasteiger partial charge in [-0.2, -0.15) is 0 Å². The zero-order valence-corrected chi connectivity index (χ0v) is 22.2. The highest BCUT2D eigenvalue weighted by Crippen LogP contribution is 2.69. The molecule has 1 heterocycles. The minimum Gasteiger partial charge on any atom is -0.0808 e. The number of hydrogen-bond donors (Lipinski definition) is 0. The average molecular weight is 459 g/mol. The van der Waals surface area contributed by atoms with Crippen LogP contribution in [0.2, 0.25) is 23.2 Å². The molecule has 7 aliphatic rings. The Labute approximate surface area is 204 Å². The molecule has 1 aliphatic heterocycles. The van der Waals surface area contributed by atoms with Crippen molar-refractivity contribution in [2.45, 2.75) is 101 Å². The van der Waals surface area contributed by atoms with E-state index in [2.05, 4.69) is 50.3 Å². The van der Waals surface area contributed by atoms with Crippen LogP contribution in [0.15, 0.2) is 47.6 Å². The van der Waals surface area contributed by atoms with E-state index < -0.39 is 8.07 Å². The van der Waals surface area contributed by atoms with E-state index in [1.165, 1.54) is 51.4 Å². The van der Waals surface area contributed by atoms with Crippen molar-refractivity contribution in [3.05, 3.63) is 47.6 Å². The zero-order chi connectivity index (χ0) is 22.2. The summed E-state index contributed by atoms with van der Waals surface area (Å²) in [6, 6.07) is 3.35. The van der Waals surface area contributed by atoms with Gasteiger partial charge in [-0.1, -0.05) is 99.2 Å². The van der Waals surface area contributed by atoms with Crippen LogP contribution < -0.4 is 0 Å². The Hall–Kier alpha value is -0.823. The van der Waals surface area contributed by atoms with Gasteiger partial charge in [-0.15, -0.1) is 0 Å². The van der Waals surface area contributed by atoms with Gasteiger partial charge in [0.1, 0.15) is 0 Å². The van der Waals surface area contributed by atoms with Gasteiger partial charge in [0.15, 0.2) is 0 Å². The largest absolute Gasteiger partial charge is 0.0808 e. The minimum absolute atomic E-state index is 0.905. The molecular weight excluding hydrogens is 412 g/mol. The molecule has 8 atom stereocenters. The van der Waals surface area contributed by atoms with E-state index >= 15 is 0 Å². The highest BCUT2D eigenvalue weighted by Gasteiger charge is 2.63. The van der Waals surface area contributed by atoms with E-state index in [1.54, 1.807) is 24.9 Å². The lowest BCUT2D eigenvalue weighted by atomic mass is 9.82. The summed E-state index contributed by atoms with van der Waals surface area (Å²) >= 11 is 0. The van der Waals surface area contributed by atoms with E-state index in [0.29, 0.717) is 0 Å². The van der Waals surface area contributed by atoms with Gasteiger partial charge in [0.05, 0.1) is 8.07 Å². The first kappa shape index (κ1) is 21.5. The average Bonchev–Trinajstić information content (AvgIpc) is 3.74. The summed E-state index contributed by atoms with van der Waals surface area (Å²) in [5.41, 5.74) is 5.96. The SMILES string of the molecule is CCC1CC2C(C3CC3)=CC=CC2C1[Si]1(C2C(CC)CC3C(C4CC4)=CC=CC32)CCCC1. The second-order valence-corrected chi connectivity index (χ2v) is 18.1. The van der Waals surface area contributed by atoms with E-state index in [1.807, 2.05) is 11.1 Å². The van der Waals surface area contributed by atoms with Crippen molar-refractivity contribution in [2.24, 2.45) is 47.3 Å². The van der Waals surface area contributed by atoms with Crippen molar-refractivity contribution in [3.63, 3.8) is 0 Å². The number of allylic oxidation sites excluding steroid dienone is 8. The Bertz CT molecular complexity index is 821. The molecule has 0 amide bonds. The fraction of sp³-hybridized carbons (Fsp3) is 0.750. The van der Waals surface area contributed by atoms with Gasteiger partial charge in [0.25, 0.3) is 0 Å². The lowest BCUT2D eigenvalue weighted by molar-refractivity contribution is 0.445. The molecule has 1 saturated heterocycles. The second-order valence-electron chi connectivity index (χ2n) is 13.3. The Kier molecular flexibility index (Phi) is 5.27. The predicted octanol–water partition coefficient (Wildman–Crippen LogP) is 9.11. The van der Waals surface area contributed by atoms with Gasteiger partial charge in [0.2, 0.25) is 0 Å². The predicted molar refractivity (Wildman–Crippen MR) is 143 cm³/mol. The Morgan fingerprint density at radius 3 is 1.55 bits per heavy atom. The van der Waals surface area contributed by atoms with Gasteiger partial charge in [-0.25, -0.2) is 0 Å². The highest BCUT2D eigenvalue weighted by molar-refractivity contribution is 6.83. The van der Waals surface area contributed by atoms with Crippen LogP contribution in [0.25, 0.3) is 0 Å². The lowest BCUT2D eigenvalue weighted by Crippen LogP contribution is -2.49. The van der Waals surface area contributed by atoms with Crippen molar-refractivity contribution in [1.82, 2.24) is 0 Å². The summed E-state index contributed by atoms with van der Waals surface area (Å²) in [5.74, 6) is 7.60. The molecule has 0 N–H and O–H groups in total. The van der Waals surface area contributed by atoms with Crippen molar-refractivity contribution >= 4 is 8.07 Å². The van der Waals surface area contributed by atoms with Crippen LogP contribution in [0.3, 0.4) is 0 Å². The van der Waals surface area contributed by atoms with Gasteiger partial charge in [0, 0.05) is 0 Å². The van der Waals surface area contributed by atoms with Crippen LogP contribution >= 0.6 is 0 Å². The zero-order valence-electron chi connectivity index (χ0n) is 21.2. The summed E-state index contributed by atoms with van der Waals surface area (Å²) in [6.07, 6.45) is 30.7. The van der Waals surface area contributed by atoms with Gasteiger partial charge < -0.3 is 0 Å². The molecule has 5 fully saturated rings. The quantitative estimate of drug-likeness (QED) is 0.348. The summed E-state index contributed by atoms with van der Waals surface area (Å²) < 4.78 is 0. The molecule has 0 radical (unpaired) electrons. The monoisotopic (exact) mass is 458 g/mol. The smallest absolute Gasteiger partial charge is 0.0615 e. The van der Waals surface area contributed by atoms with E-state index in [4.69, 9.17) is 0 Å². The molecule has 0 aromatic carbocycles. The molecule has 7 rings (SSSR count). The lowest BCUT2D eigenvalue weighted by Gasteiger charge is -2.49. The minimum atomic E-state index is -1.40. The van der Waals surface area contributed by atoms with E-state index in [0.717, 1.165) is 58.4 Å². The Morgan fingerprint density at radius 2 is 1.15 bits per heavy atom. The summed E-state index contributed by atoms with van der Waals surface area (Å²) in [7, 11) is -1.40. The van der Waals surface area contributed by atoms with Gasteiger partial charge in [-0.05, 0) is 97.0 Å². The molecule has 4 saturated carbocycles. The molecule has 6 aliphatic carbocycles. The maximum Gasteiger partial charge on any atom is 0.0615 e. The number of rotatable bonds is 6. The third kappa shape index (κ3) is 3.26. The fourth-order valence-electron chi connectivity index (χ4n) is 10.6. The van der Waals surface area contributed by atoms with Crippen LogP contribution in [0.4, 0.5) is 0 Å². The standard InChI is InChI=1S/C32H46Si/c1-3-21-19-29-25(23-13-14-23)9-7-11-27(29)31(21)33(17-5-6-18-33)32-22(4-2)20-30-26(24-15-16-24)10-8-12-28(30)32/h7-12,21-24,27-32H,3-6,13-20H2,1-2H3. The fourth-order valence-corrected chi connectivity index (χ4v) is 19.3. The number of fused-ring (bicyclic) bond motifs is 2. The van der Waals surface area contributed by atoms with Crippen LogP contribution in [-0.4, -0.2) is 8.07 Å². The molecule has 0 spiro atoms. The van der Waals surface area contributed by atoms with Crippen molar-refractivity contribution in [1.29, 1.82) is 0 Å². The molecule has 0 aromatic heterocycles.